The van der Waals surface area contributed by atoms with E-state index in [9.17, 15) is 4.79 Å². The molecule has 2 unspecified atom stereocenters. The normalized spacial score (nSPS) is 30.7. The van der Waals surface area contributed by atoms with Crippen molar-refractivity contribution in [3.05, 3.63) is 0 Å². The summed E-state index contributed by atoms with van der Waals surface area (Å²) in [5, 5.41) is 0. The van der Waals surface area contributed by atoms with E-state index in [1.165, 1.54) is 76.8 Å². The molecule has 0 amide bonds. The Morgan fingerprint density at radius 3 is 2.05 bits per heavy atom. The van der Waals surface area contributed by atoms with Gasteiger partial charge in [0.05, 0.1) is 0 Å². The van der Waals surface area contributed by atoms with Gasteiger partial charge in [0.1, 0.15) is 5.78 Å². The van der Waals surface area contributed by atoms with Crippen LogP contribution in [-0.4, -0.2) is 17.6 Å². The molecule has 1 saturated heterocycles. The average Bonchev–Trinajstić information content (AvgIpc) is 2.60. The van der Waals surface area contributed by atoms with Crippen LogP contribution in [-0.2, 0) is 4.79 Å². The standard InChI is InChI=1S/C17H31OP/c18-16-13-9-5-6-10-14-19-17(16)15-11-7-3-1-2-4-8-12-15/h15,17,19H,1-14H2. The average molecular weight is 282 g/mol. The van der Waals surface area contributed by atoms with Crippen LogP contribution in [0.25, 0.3) is 0 Å². The van der Waals surface area contributed by atoms with Crippen molar-refractivity contribution in [1.82, 2.24) is 0 Å². The number of Topliss-reactive ketones (excluding diaryl/α,β-unsaturated/α-hetero) is 1. The Hall–Kier alpha value is 0.100. The quantitative estimate of drug-likeness (QED) is 0.595. The summed E-state index contributed by atoms with van der Waals surface area (Å²) in [6.07, 6.45) is 18.5. The minimum absolute atomic E-state index is 0.455. The Balaban J connectivity index is 1.94. The summed E-state index contributed by atoms with van der Waals surface area (Å²) in [7, 11) is 0.931. The van der Waals surface area contributed by atoms with Gasteiger partial charge in [0.15, 0.2) is 0 Å². The Morgan fingerprint density at radius 1 is 0.737 bits per heavy atom. The molecule has 0 spiro atoms. The molecule has 1 saturated carbocycles. The lowest BCUT2D eigenvalue weighted by molar-refractivity contribution is -0.119. The lowest BCUT2D eigenvalue weighted by Gasteiger charge is -2.26. The molecule has 1 heterocycles. The number of carbonyl (C=O) groups is 1. The fraction of sp³-hybridized carbons (Fsp3) is 0.941. The third-order valence-corrected chi connectivity index (χ3v) is 6.81. The van der Waals surface area contributed by atoms with E-state index in [4.69, 9.17) is 0 Å². The first-order chi connectivity index (χ1) is 9.38. The molecule has 0 aromatic carbocycles. The second kappa shape index (κ2) is 9.11. The van der Waals surface area contributed by atoms with Crippen molar-refractivity contribution in [1.29, 1.82) is 0 Å². The molecule has 0 radical (unpaired) electrons. The molecule has 2 fully saturated rings. The van der Waals surface area contributed by atoms with Gasteiger partial charge in [-0.05, 0) is 37.8 Å². The van der Waals surface area contributed by atoms with Gasteiger partial charge in [-0.3, -0.25) is 4.79 Å². The first kappa shape index (κ1) is 15.5. The van der Waals surface area contributed by atoms with Crippen LogP contribution in [0.15, 0.2) is 0 Å². The van der Waals surface area contributed by atoms with E-state index in [0.29, 0.717) is 11.4 Å². The molecule has 0 bridgehead atoms. The summed E-state index contributed by atoms with van der Waals surface area (Å²) in [5.41, 5.74) is 0.455. The van der Waals surface area contributed by atoms with Crippen LogP contribution < -0.4 is 0 Å². The molecule has 0 aromatic rings. The molecule has 1 nitrogen and oxygen atoms in total. The summed E-state index contributed by atoms with van der Waals surface area (Å²) in [6.45, 7) is 0. The third kappa shape index (κ3) is 5.54. The fourth-order valence-electron chi connectivity index (χ4n) is 3.73. The number of hydrogen-bond donors (Lipinski definition) is 0. The van der Waals surface area contributed by atoms with Crippen LogP contribution >= 0.6 is 8.58 Å². The smallest absolute Gasteiger partial charge is 0.140 e. The fourth-order valence-corrected chi connectivity index (χ4v) is 5.54. The van der Waals surface area contributed by atoms with Crippen molar-refractivity contribution < 1.29 is 4.79 Å². The zero-order valence-electron chi connectivity index (χ0n) is 12.5. The molecule has 19 heavy (non-hydrogen) atoms. The van der Waals surface area contributed by atoms with Crippen LogP contribution in [0.5, 0.6) is 0 Å². The predicted octanol–water partition coefficient (Wildman–Crippen LogP) is 5.32. The van der Waals surface area contributed by atoms with Gasteiger partial charge in [0.25, 0.3) is 0 Å². The Bertz CT molecular complexity index is 254. The lowest BCUT2D eigenvalue weighted by Crippen LogP contribution is -2.26. The molecule has 2 heteroatoms. The van der Waals surface area contributed by atoms with E-state index < -0.39 is 0 Å². The number of ketones is 1. The highest BCUT2D eigenvalue weighted by Crippen LogP contribution is 2.37. The maximum absolute atomic E-state index is 12.5. The molecule has 2 rings (SSSR count). The highest BCUT2D eigenvalue weighted by molar-refractivity contribution is 7.40. The molecule has 1 aliphatic carbocycles. The van der Waals surface area contributed by atoms with Crippen LogP contribution in [0.3, 0.4) is 0 Å². The topological polar surface area (TPSA) is 17.1 Å². The first-order valence-electron chi connectivity index (χ1n) is 8.64. The number of rotatable bonds is 1. The minimum atomic E-state index is 0.455. The van der Waals surface area contributed by atoms with Gasteiger partial charge in [-0.15, -0.1) is 8.58 Å². The van der Waals surface area contributed by atoms with Gasteiger partial charge in [0.2, 0.25) is 0 Å². The zero-order valence-corrected chi connectivity index (χ0v) is 13.5. The summed E-state index contributed by atoms with van der Waals surface area (Å²) in [4.78, 5) is 12.5. The number of carbonyl (C=O) groups excluding carboxylic acids is 1. The summed E-state index contributed by atoms with van der Waals surface area (Å²) in [5.74, 6) is 1.37. The third-order valence-electron chi connectivity index (χ3n) is 4.93. The summed E-state index contributed by atoms with van der Waals surface area (Å²) < 4.78 is 0. The van der Waals surface area contributed by atoms with Crippen molar-refractivity contribution in [2.75, 3.05) is 6.16 Å². The Kier molecular flexibility index (Phi) is 7.43. The van der Waals surface area contributed by atoms with Gasteiger partial charge in [0, 0.05) is 12.1 Å². The van der Waals surface area contributed by atoms with E-state index in [-0.39, 0.29) is 0 Å². The van der Waals surface area contributed by atoms with Crippen molar-refractivity contribution in [2.24, 2.45) is 5.92 Å². The molecular formula is C17H31OP. The van der Waals surface area contributed by atoms with Gasteiger partial charge in [-0.1, -0.05) is 51.4 Å². The molecular weight excluding hydrogens is 251 g/mol. The van der Waals surface area contributed by atoms with E-state index in [0.717, 1.165) is 27.3 Å². The van der Waals surface area contributed by atoms with Gasteiger partial charge >= 0.3 is 0 Å². The van der Waals surface area contributed by atoms with E-state index in [2.05, 4.69) is 0 Å². The zero-order chi connectivity index (χ0) is 13.3. The van der Waals surface area contributed by atoms with Crippen LogP contribution in [0, 0.1) is 5.92 Å². The van der Waals surface area contributed by atoms with Crippen molar-refractivity contribution >= 4 is 14.4 Å². The van der Waals surface area contributed by atoms with Crippen LogP contribution in [0.1, 0.15) is 83.5 Å². The molecule has 0 N–H and O–H groups in total. The van der Waals surface area contributed by atoms with Crippen molar-refractivity contribution in [3.63, 3.8) is 0 Å². The monoisotopic (exact) mass is 282 g/mol. The van der Waals surface area contributed by atoms with E-state index in [1.54, 1.807) is 0 Å². The van der Waals surface area contributed by atoms with Crippen LogP contribution in [0.4, 0.5) is 0 Å². The highest BCUT2D eigenvalue weighted by atomic mass is 31.1. The summed E-state index contributed by atoms with van der Waals surface area (Å²) in [6, 6.07) is 0. The number of hydrogen-bond acceptors (Lipinski definition) is 1. The van der Waals surface area contributed by atoms with E-state index >= 15 is 0 Å². The highest BCUT2D eigenvalue weighted by Gasteiger charge is 2.27. The van der Waals surface area contributed by atoms with Gasteiger partial charge in [-0.2, -0.15) is 0 Å². The maximum Gasteiger partial charge on any atom is 0.140 e. The van der Waals surface area contributed by atoms with Crippen LogP contribution in [0.2, 0.25) is 0 Å². The SMILES string of the molecule is O=C1CCCCCCPC1C1CCCCCCCC1. The Labute approximate surface area is 121 Å². The van der Waals surface area contributed by atoms with Crippen molar-refractivity contribution in [2.45, 2.75) is 89.1 Å². The molecule has 2 atom stereocenters. The predicted molar refractivity (Wildman–Crippen MR) is 85.5 cm³/mol. The maximum atomic E-state index is 12.5. The summed E-state index contributed by atoms with van der Waals surface area (Å²) >= 11 is 0. The lowest BCUT2D eigenvalue weighted by atomic mass is 9.90. The van der Waals surface area contributed by atoms with Gasteiger partial charge in [-0.25, -0.2) is 0 Å². The molecule has 0 aromatic heterocycles. The Morgan fingerprint density at radius 2 is 1.32 bits per heavy atom. The molecule has 1 aliphatic heterocycles. The second-order valence-corrected chi connectivity index (χ2v) is 8.05. The van der Waals surface area contributed by atoms with Gasteiger partial charge < -0.3 is 0 Å². The van der Waals surface area contributed by atoms with Crippen molar-refractivity contribution in [3.8, 4) is 0 Å². The largest absolute Gasteiger partial charge is 0.299 e. The molecule has 2 aliphatic rings. The molecule has 110 valence electrons. The first-order valence-corrected chi connectivity index (χ1v) is 9.92. The second-order valence-electron chi connectivity index (χ2n) is 6.52. The minimum Gasteiger partial charge on any atom is -0.299 e. The van der Waals surface area contributed by atoms with E-state index in [1.807, 2.05) is 0 Å².